The topological polar surface area (TPSA) is 91.0 Å². The molecular weight excluding hydrogens is 488 g/mol. The normalized spacial score (nSPS) is 14.2. The van der Waals surface area contributed by atoms with Crippen molar-refractivity contribution in [1.82, 2.24) is 10.2 Å². The van der Waals surface area contributed by atoms with Crippen molar-refractivity contribution in [3.8, 4) is 0 Å². The van der Waals surface area contributed by atoms with Gasteiger partial charge in [0.05, 0.1) is 30.3 Å². The predicted octanol–water partition coefficient (Wildman–Crippen LogP) is 3.13. The predicted molar refractivity (Wildman–Crippen MR) is 141 cm³/mol. The van der Waals surface area contributed by atoms with Crippen LogP contribution in [0.4, 0.5) is 11.4 Å². The van der Waals surface area contributed by atoms with E-state index >= 15 is 0 Å². The van der Waals surface area contributed by atoms with Crippen LogP contribution in [0.15, 0.2) is 48.5 Å². The van der Waals surface area contributed by atoms with Crippen LogP contribution in [-0.4, -0.2) is 80.6 Å². The molecule has 0 spiro atoms. The first-order valence-corrected chi connectivity index (χ1v) is 13.2. The highest BCUT2D eigenvalue weighted by Crippen LogP contribution is 2.19. The Hall–Kier alpha value is -2.75. The number of benzene rings is 2. The number of thioether (sulfide) groups is 1. The molecule has 2 N–H and O–H groups in total. The third kappa shape index (κ3) is 7.88. The lowest BCUT2D eigenvalue weighted by Gasteiger charge is -2.29. The van der Waals surface area contributed by atoms with Gasteiger partial charge in [-0.2, -0.15) is 11.8 Å². The molecule has 0 radical (unpaired) electrons. The lowest BCUT2D eigenvalue weighted by atomic mass is 10.1. The molecule has 35 heavy (non-hydrogen) atoms. The molecule has 3 amide bonds. The van der Waals surface area contributed by atoms with E-state index in [1.54, 1.807) is 43.1 Å². The Labute approximate surface area is 215 Å². The second kappa shape index (κ2) is 13.4. The molecule has 2 aromatic carbocycles. The largest absolute Gasteiger partial charge is 0.378 e. The number of carbonyl (C=O) groups excluding carboxylic acids is 3. The van der Waals surface area contributed by atoms with Crippen molar-refractivity contribution in [3.05, 3.63) is 59.1 Å². The van der Waals surface area contributed by atoms with Gasteiger partial charge in [0.25, 0.3) is 5.91 Å². The maximum Gasteiger partial charge on any atom is 0.253 e. The first kappa shape index (κ1) is 26.8. The number of hydrogen-bond donors (Lipinski definition) is 2. The monoisotopic (exact) mass is 518 g/mol. The van der Waals surface area contributed by atoms with E-state index in [-0.39, 0.29) is 18.4 Å². The number of halogens is 1. The van der Waals surface area contributed by atoms with Crippen molar-refractivity contribution in [2.75, 3.05) is 62.1 Å². The maximum atomic E-state index is 13.1. The summed E-state index contributed by atoms with van der Waals surface area (Å²) in [7, 11) is 1.55. The molecular formula is C25H31ClN4O4S. The van der Waals surface area contributed by atoms with Crippen molar-refractivity contribution in [1.29, 1.82) is 0 Å². The summed E-state index contributed by atoms with van der Waals surface area (Å²) >= 11 is 7.70. The number of hydrogen-bond acceptors (Lipinski definition) is 6. The second-order valence-corrected chi connectivity index (χ2v) is 9.57. The number of rotatable bonds is 10. The van der Waals surface area contributed by atoms with Crippen molar-refractivity contribution in [3.63, 3.8) is 0 Å². The SMILES string of the molecule is CSCC[C@@H](NC(=O)c1ccccc1Cl)C(=O)N(C)CC(=O)Nc1ccc(N2CCOCC2)cc1. The molecule has 2 aromatic rings. The molecule has 0 bridgehead atoms. The van der Waals surface area contributed by atoms with Crippen LogP contribution in [-0.2, 0) is 14.3 Å². The molecule has 0 saturated carbocycles. The summed E-state index contributed by atoms with van der Waals surface area (Å²) in [6.07, 6.45) is 2.37. The average Bonchev–Trinajstić information content (AvgIpc) is 2.87. The molecule has 188 valence electrons. The van der Waals surface area contributed by atoms with Crippen LogP contribution in [0.1, 0.15) is 16.8 Å². The van der Waals surface area contributed by atoms with Crippen LogP contribution in [0.5, 0.6) is 0 Å². The van der Waals surface area contributed by atoms with Gasteiger partial charge in [-0.15, -0.1) is 0 Å². The van der Waals surface area contributed by atoms with Crippen LogP contribution in [0.2, 0.25) is 5.02 Å². The van der Waals surface area contributed by atoms with Crippen LogP contribution in [0.25, 0.3) is 0 Å². The zero-order chi connectivity index (χ0) is 25.2. The molecule has 3 rings (SSSR count). The highest BCUT2D eigenvalue weighted by atomic mass is 35.5. The van der Waals surface area contributed by atoms with E-state index in [0.717, 1.165) is 18.8 Å². The lowest BCUT2D eigenvalue weighted by Crippen LogP contribution is -2.49. The van der Waals surface area contributed by atoms with E-state index in [9.17, 15) is 14.4 Å². The highest BCUT2D eigenvalue weighted by Gasteiger charge is 2.26. The average molecular weight is 519 g/mol. The highest BCUT2D eigenvalue weighted by molar-refractivity contribution is 7.98. The third-order valence-corrected chi connectivity index (χ3v) is 6.59. The molecule has 1 aliphatic rings. The van der Waals surface area contributed by atoms with Crippen LogP contribution in [0.3, 0.4) is 0 Å². The number of anilines is 2. The fraction of sp³-hybridized carbons (Fsp3) is 0.400. The van der Waals surface area contributed by atoms with Crippen molar-refractivity contribution >= 4 is 52.5 Å². The summed E-state index contributed by atoms with van der Waals surface area (Å²) in [5.74, 6) is -0.402. The summed E-state index contributed by atoms with van der Waals surface area (Å²) in [5, 5.41) is 5.92. The Morgan fingerprint density at radius 3 is 2.46 bits per heavy atom. The van der Waals surface area contributed by atoms with Gasteiger partial charge in [-0.25, -0.2) is 0 Å². The number of nitrogens with zero attached hydrogens (tertiary/aromatic N) is 2. The Morgan fingerprint density at radius 2 is 1.80 bits per heavy atom. The molecule has 8 nitrogen and oxygen atoms in total. The van der Waals surface area contributed by atoms with E-state index in [2.05, 4.69) is 15.5 Å². The van der Waals surface area contributed by atoms with Gasteiger partial charge in [0.15, 0.2) is 0 Å². The number of carbonyl (C=O) groups is 3. The van der Waals surface area contributed by atoms with Gasteiger partial charge in [0.2, 0.25) is 11.8 Å². The van der Waals surface area contributed by atoms with E-state index in [1.165, 1.54) is 4.90 Å². The number of amides is 3. The molecule has 0 aliphatic carbocycles. The standard InChI is InChI=1S/C25H31ClN4O4S/c1-29(17-23(31)27-18-7-9-19(10-8-18)30-12-14-34-15-13-30)25(33)22(11-16-35-2)28-24(32)20-5-3-4-6-21(20)26/h3-10,22H,11-17H2,1-2H3,(H,27,31)(H,28,32)/t22-/m1/s1. The number of likely N-dealkylation sites (N-methyl/N-ethyl adjacent to an activating group) is 1. The minimum absolute atomic E-state index is 0.137. The van der Waals surface area contributed by atoms with Gasteiger partial charge < -0.3 is 25.2 Å². The molecule has 1 atom stereocenters. The zero-order valence-corrected chi connectivity index (χ0v) is 21.5. The van der Waals surface area contributed by atoms with E-state index < -0.39 is 11.9 Å². The number of morpholine rings is 1. The smallest absolute Gasteiger partial charge is 0.253 e. The lowest BCUT2D eigenvalue weighted by molar-refractivity contribution is -0.135. The minimum Gasteiger partial charge on any atom is -0.378 e. The fourth-order valence-corrected chi connectivity index (χ4v) is 4.40. The Morgan fingerprint density at radius 1 is 1.11 bits per heavy atom. The maximum absolute atomic E-state index is 13.1. The van der Waals surface area contributed by atoms with E-state index in [1.807, 2.05) is 30.5 Å². The van der Waals surface area contributed by atoms with Gasteiger partial charge >= 0.3 is 0 Å². The zero-order valence-electron chi connectivity index (χ0n) is 20.0. The molecule has 0 unspecified atom stereocenters. The molecule has 0 aromatic heterocycles. The van der Waals surface area contributed by atoms with Gasteiger partial charge in [-0.3, -0.25) is 14.4 Å². The van der Waals surface area contributed by atoms with Crippen molar-refractivity contribution < 1.29 is 19.1 Å². The van der Waals surface area contributed by atoms with Crippen molar-refractivity contribution in [2.24, 2.45) is 0 Å². The molecule has 1 fully saturated rings. The molecule has 1 aliphatic heterocycles. The van der Waals surface area contributed by atoms with E-state index in [4.69, 9.17) is 16.3 Å². The summed E-state index contributed by atoms with van der Waals surface area (Å²) < 4.78 is 5.38. The van der Waals surface area contributed by atoms with Crippen LogP contribution >= 0.6 is 23.4 Å². The molecule has 1 saturated heterocycles. The van der Waals surface area contributed by atoms with Gasteiger partial charge in [-0.1, -0.05) is 23.7 Å². The number of ether oxygens (including phenoxy) is 1. The summed E-state index contributed by atoms with van der Waals surface area (Å²) in [4.78, 5) is 41.9. The van der Waals surface area contributed by atoms with Gasteiger partial charge in [0, 0.05) is 31.5 Å². The second-order valence-electron chi connectivity index (χ2n) is 8.18. The molecule has 10 heteroatoms. The number of nitrogens with one attached hydrogen (secondary N) is 2. The molecule has 1 heterocycles. The Bertz CT molecular complexity index is 1010. The quantitative estimate of drug-likeness (QED) is 0.502. The Balaban J connectivity index is 1.56. The summed E-state index contributed by atoms with van der Waals surface area (Å²) in [5.41, 5.74) is 2.03. The first-order chi connectivity index (χ1) is 16.9. The first-order valence-electron chi connectivity index (χ1n) is 11.4. The van der Waals surface area contributed by atoms with Crippen LogP contribution < -0.4 is 15.5 Å². The van der Waals surface area contributed by atoms with E-state index in [0.29, 0.717) is 41.7 Å². The summed E-state index contributed by atoms with van der Waals surface area (Å²) in [6.45, 7) is 2.94. The van der Waals surface area contributed by atoms with Crippen molar-refractivity contribution in [2.45, 2.75) is 12.5 Å². The fourth-order valence-electron chi connectivity index (χ4n) is 3.71. The van der Waals surface area contributed by atoms with Gasteiger partial charge in [0.1, 0.15) is 6.04 Å². The van der Waals surface area contributed by atoms with Gasteiger partial charge in [-0.05, 0) is 54.8 Å². The Kier molecular flexibility index (Phi) is 10.3. The summed E-state index contributed by atoms with van der Waals surface area (Å²) in [6, 6.07) is 13.5. The van der Waals surface area contributed by atoms with Crippen LogP contribution in [0, 0.1) is 0 Å². The minimum atomic E-state index is -0.767. The third-order valence-electron chi connectivity index (χ3n) is 5.62.